The van der Waals surface area contributed by atoms with E-state index in [1.807, 2.05) is 17.3 Å². The number of nitrogens with zero attached hydrogens (tertiary/aromatic N) is 6. The molecule has 2 aromatic heterocycles. The maximum absolute atomic E-state index is 15.7. The monoisotopic (exact) mass is 887 g/mol. The Labute approximate surface area is 381 Å². The van der Waals surface area contributed by atoms with Crippen LogP contribution < -0.4 is 35.4 Å². The second kappa shape index (κ2) is 20.4. The van der Waals surface area contributed by atoms with E-state index in [1.165, 1.54) is 30.2 Å². The average molecular weight is 888 g/mol. The van der Waals surface area contributed by atoms with Crippen molar-refractivity contribution in [1.29, 1.82) is 0 Å². The third kappa shape index (κ3) is 10.7. The summed E-state index contributed by atoms with van der Waals surface area (Å²) < 4.78 is 21.4. The number of Topliss-reactive ketones (excluding diaryl/α,β-unsaturated/α-hetero) is 2. The van der Waals surface area contributed by atoms with E-state index in [0.29, 0.717) is 56.4 Å². The number of piperidine rings is 3. The number of ketones is 2. The molecule has 1 aromatic carbocycles. The summed E-state index contributed by atoms with van der Waals surface area (Å²) in [6.45, 7) is 18.7. The van der Waals surface area contributed by atoms with Crippen LogP contribution in [0.25, 0.3) is 0 Å². The molecule has 0 bridgehead atoms. The molecule has 7 heterocycles. The molecular weight excluding hydrogens is 826 g/mol. The van der Waals surface area contributed by atoms with E-state index in [4.69, 9.17) is 9.72 Å². The third-order valence-electron chi connectivity index (χ3n) is 13.7. The van der Waals surface area contributed by atoms with E-state index >= 15 is 4.39 Å². The van der Waals surface area contributed by atoms with Crippen molar-refractivity contribution in [2.24, 2.45) is 11.8 Å². The van der Waals surface area contributed by atoms with Gasteiger partial charge >= 0.3 is 0 Å². The number of carbonyl (C=O) groups excluding carboxylic acids is 4. The van der Waals surface area contributed by atoms with Gasteiger partial charge in [-0.2, -0.15) is 0 Å². The summed E-state index contributed by atoms with van der Waals surface area (Å²) >= 11 is 0. The lowest BCUT2D eigenvalue weighted by Gasteiger charge is -2.40. The van der Waals surface area contributed by atoms with E-state index in [9.17, 15) is 19.2 Å². The fourth-order valence-electron chi connectivity index (χ4n) is 9.95. The molecule has 0 spiro atoms. The number of hydrogen-bond acceptors (Lipinski definition) is 13. The first kappa shape index (κ1) is 45.5. The molecule has 14 nitrogen and oxygen atoms in total. The molecule has 0 aliphatic carbocycles. The first-order chi connectivity index (χ1) is 31.4. The van der Waals surface area contributed by atoms with Crippen molar-refractivity contribution >= 4 is 51.9 Å². The van der Waals surface area contributed by atoms with Crippen LogP contribution in [-0.4, -0.2) is 110 Å². The average Bonchev–Trinajstić information content (AvgIpc) is 3.30. The number of benzene rings is 1. The minimum atomic E-state index is -0.511. The van der Waals surface area contributed by atoms with Crippen molar-refractivity contribution in [1.82, 2.24) is 20.2 Å². The van der Waals surface area contributed by atoms with Crippen LogP contribution in [-0.2, 0) is 9.59 Å². The lowest BCUT2D eigenvalue weighted by molar-refractivity contribution is -0.136. The Balaban J connectivity index is 0.785. The largest absolute Gasteiger partial charge is 0.474 e. The second-order valence-corrected chi connectivity index (χ2v) is 18.0. The highest BCUT2D eigenvalue weighted by Crippen LogP contribution is 2.37. The van der Waals surface area contributed by atoms with Crippen molar-refractivity contribution in [2.45, 2.75) is 72.1 Å². The van der Waals surface area contributed by atoms with Gasteiger partial charge in [-0.25, -0.2) is 14.4 Å². The van der Waals surface area contributed by atoms with Gasteiger partial charge in [-0.05, 0) is 107 Å². The summed E-state index contributed by atoms with van der Waals surface area (Å²) in [6, 6.07) is 6.90. The van der Waals surface area contributed by atoms with Gasteiger partial charge in [0.05, 0.1) is 29.5 Å². The van der Waals surface area contributed by atoms with Crippen molar-refractivity contribution in [3.05, 3.63) is 94.7 Å². The van der Waals surface area contributed by atoms with Gasteiger partial charge in [0.2, 0.25) is 17.7 Å². The number of carbonyl (C=O) groups is 4. The molecule has 1 atom stereocenters. The number of rotatable bonds is 14. The summed E-state index contributed by atoms with van der Waals surface area (Å²) in [5.41, 5.74) is 8.15. The summed E-state index contributed by atoms with van der Waals surface area (Å²) in [7, 11) is 0. The predicted octanol–water partition coefficient (Wildman–Crippen LogP) is 7.08. The molecule has 0 saturated carbocycles. The van der Waals surface area contributed by atoms with E-state index in [1.54, 1.807) is 0 Å². The molecule has 3 aromatic rings. The molecule has 0 radical (unpaired) electrons. The van der Waals surface area contributed by atoms with E-state index < -0.39 is 5.82 Å². The van der Waals surface area contributed by atoms with Crippen LogP contribution in [0.3, 0.4) is 0 Å². The van der Waals surface area contributed by atoms with Crippen LogP contribution in [0.5, 0.6) is 5.88 Å². The number of halogens is 1. The summed E-state index contributed by atoms with van der Waals surface area (Å²) in [5, 5.41) is 9.26. The molecule has 65 heavy (non-hydrogen) atoms. The maximum atomic E-state index is 15.7. The van der Waals surface area contributed by atoms with Crippen molar-refractivity contribution in [3.63, 3.8) is 0 Å². The molecule has 4 fully saturated rings. The van der Waals surface area contributed by atoms with Crippen LogP contribution in [0.1, 0.15) is 91.5 Å². The Hall–Kier alpha value is -6.09. The molecule has 5 aliphatic rings. The highest BCUT2D eigenvalue weighted by Gasteiger charge is 2.30. The van der Waals surface area contributed by atoms with Crippen molar-refractivity contribution < 1.29 is 28.3 Å². The summed E-state index contributed by atoms with van der Waals surface area (Å²) in [4.78, 5) is 68.1. The Bertz CT molecular complexity index is 2370. The Morgan fingerprint density at radius 2 is 1.74 bits per heavy atom. The number of hydrogen-bond donors (Lipinski definition) is 3. The molecule has 344 valence electrons. The number of imide groups is 1. The zero-order valence-corrected chi connectivity index (χ0v) is 38.0. The normalized spacial score (nSPS) is 20.9. The van der Waals surface area contributed by atoms with Crippen LogP contribution in [0.4, 0.5) is 33.0 Å². The molecule has 4 saturated heterocycles. The van der Waals surface area contributed by atoms with Crippen LogP contribution in [0.15, 0.2) is 72.2 Å². The van der Waals surface area contributed by atoms with Crippen LogP contribution in [0, 0.1) is 24.6 Å². The highest BCUT2D eigenvalue weighted by atomic mass is 19.1. The van der Waals surface area contributed by atoms with Gasteiger partial charge in [-0.1, -0.05) is 12.7 Å². The van der Waals surface area contributed by atoms with Gasteiger partial charge in [0, 0.05) is 107 Å². The lowest BCUT2D eigenvalue weighted by Crippen LogP contribution is -2.49. The van der Waals surface area contributed by atoms with Gasteiger partial charge < -0.3 is 30.1 Å². The molecule has 3 N–H and O–H groups in total. The fourth-order valence-corrected chi connectivity index (χ4v) is 9.95. The number of anilines is 5. The number of fused-ring (bicyclic) bond motifs is 1. The summed E-state index contributed by atoms with van der Waals surface area (Å²) in [5.74, 6) is 0.156. The maximum Gasteiger partial charge on any atom is 0.237 e. The predicted molar refractivity (Wildman–Crippen MR) is 253 cm³/mol. The molecular formula is C50H62FN9O5. The number of nitrogens with one attached hydrogen (secondary N) is 3. The first-order valence-corrected chi connectivity index (χ1v) is 23.3. The van der Waals surface area contributed by atoms with Crippen molar-refractivity contribution in [2.75, 3.05) is 97.4 Å². The van der Waals surface area contributed by atoms with Crippen LogP contribution >= 0.6 is 0 Å². The van der Waals surface area contributed by atoms with Crippen molar-refractivity contribution in [3.8, 4) is 5.88 Å². The zero-order valence-electron chi connectivity index (χ0n) is 38.0. The number of allylic oxidation sites excluding steroid dienone is 2. The zero-order chi connectivity index (χ0) is 45.6. The lowest BCUT2D eigenvalue weighted by atomic mass is 9.90. The van der Waals surface area contributed by atoms with E-state index in [2.05, 4.69) is 80.3 Å². The number of aromatic nitrogens is 2. The topological polar surface area (TPSA) is 152 Å². The van der Waals surface area contributed by atoms with Gasteiger partial charge in [0.25, 0.3) is 0 Å². The minimum absolute atomic E-state index is 0.0872. The fraction of sp³-hybridized carbons (Fsp3) is 0.480. The Morgan fingerprint density at radius 1 is 0.938 bits per heavy atom. The SMILES string of the molecule is C=C(/C=C1/CN(c2cnc3c(c2C)NCCO3)CC/C1=C/C)Nc1ccc(N2CCC(CN3CCN(c4cc(C(C)=O)c(C(=O)CCCC5CCC(=O)NC5=O)cc4F)CC3)CC2)nc1. The third-order valence-corrected chi connectivity index (χ3v) is 13.7. The number of piperazine rings is 1. The standard InChI is InChI=1S/C50H62FN9O5/c1-5-36-15-19-60(44-29-54-50-48(33(44)3)52-16-24-65-50)31-38(36)25-32(2)55-39-10-11-46(53-28-39)59-17-13-35(14-18-59)30-57-20-22-58(23-21-57)43-27-40(34(4)61)41(26-42(43)51)45(62)8-6-7-37-9-12-47(63)56-49(37)64/h5,10-11,25-29,35,37,52,55H,2,6-9,12-24,30-31H2,1,3-4H3,(H,56,63,64)/b36-5-,38-25-. The molecule has 8 rings (SSSR count). The highest BCUT2D eigenvalue weighted by molar-refractivity contribution is 6.08. The van der Waals surface area contributed by atoms with E-state index in [0.717, 1.165) is 106 Å². The smallest absolute Gasteiger partial charge is 0.237 e. The Kier molecular flexibility index (Phi) is 14.3. The first-order valence-electron chi connectivity index (χ1n) is 23.3. The number of pyridine rings is 2. The molecule has 1 unspecified atom stereocenters. The molecule has 2 amide bonds. The number of ether oxygens (including phenoxy) is 1. The van der Waals surface area contributed by atoms with E-state index in [-0.39, 0.29) is 53.3 Å². The van der Waals surface area contributed by atoms with Crippen LogP contribution in [0.2, 0.25) is 0 Å². The molecule has 15 heteroatoms. The minimum Gasteiger partial charge on any atom is -0.474 e. The number of amides is 2. The van der Waals surface area contributed by atoms with Gasteiger partial charge in [-0.15, -0.1) is 0 Å². The summed E-state index contributed by atoms with van der Waals surface area (Å²) in [6.07, 6.45) is 12.9. The quantitative estimate of drug-likeness (QED) is 0.112. The molecule has 5 aliphatic heterocycles. The van der Waals surface area contributed by atoms with Gasteiger partial charge in [0.1, 0.15) is 23.9 Å². The van der Waals surface area contributed by atoms with Gasteiger partial charge in [-0.3, -0.25) is 29.4 Å². The second-order valence-electron chi connectivity index (χ2n) is 18.0. The Morgan fingerprint density at radius 3 is 2.46 bits per heavy atom. The van der Waals surface area contributed by atoms with Gasteiger partial charge in [0.15, 0.2) is 11.6 Å².